The van der Waals surface area contributed by atoms with Crippen molar-refractivity contribution >= 4 is 22.8 Å². The maximum atomic E-state index is 12.5. The Morgan fingerprint density at radius 1 is 1.08 bits per heavy atom. The lowest BCUT2D eigenvalue weighted by Crippen LogP contribution is -2.42. The van der Waals surface area contributed by atoms with E-state index in [-0.39, 0.29) is 12.5 Å². The summed E-state index contributed by atoms with van der Waals surface area (Å²) < 4.78 is 6.98. The molecule has 0 saturated carbocycles. The number of morpholine rings is 1. The third-order valence-electron chi connectivity index (χ3n) is 4.72. The van der Waals surface area contributed by atoms with Gasteiger partial charge in [0.25, 0.3) is 0 Å². The van der Waals surface area contributed by atoms with Gasteiger partial charge >= 0.3 is 0 Å². The van der Waals surface area contributed by atoms with Crippen molar-refractivity contribution in [3.8, 4) is 0 Å². The number of piperidine rings is 1. The molecule has 1 amide bonds. The molecule has 2 aromatic rings. The Morgan fingerprint density at radius 3 is 2.67 bits per heavy atom. The zero-order valence-corrected chi connectivity index (χ0v) is 13.7. The van der Waals surface area contributed by atoms with Crippen molar-refractivity contribution < 1.29 is 9.53 Å². The lowest BCUT2D eigenvalue weighted by Gasteiger charge is -2.28. The number of fused-ring (bicyclic) bond motifs is 1. The summed E-state index contributed by atoms with van der Waals surface area (Å²) in [5, 5.41) is 5.32. The number of carbonyl (C=O) groups excluding carboxylic acids is 1. The monoisotopic (exact) mass is 330 g/mol. The van der Waals surface area contributed by atoms with E-state index < -0.39 is 0 Å². The number of hydrogen-bond acceptors (Lipinski definition) is 6. The average Bonchev–Trinajstić information content (AvgIpc) is 3.06. The molecule has 2 fully saturated rings. The first-order valence-electron chi connectivity index (χ1n) is 8.60. The van der Waals surface area contributed by atoms with E-state index in [0.717, 1.165) is 29.9 Å². The van der Waals surface area contributed by atoms with Gasteiger partial charge in [-0.1, -0.05) is 0 Å². The third kappa shape index (κ3) is 2.93. The minimum absolute atomic E-state index is 0.0569. The van der Waals surface area contributed by atoms with Crippen LogP contribution in [0.2, 0.25) is 0 Å². The first-order chi connectivity index (χ1) is 11.8. The Bertz CT molecular complexity index is 718. The zero-order chi connectivity index (χ0) is 16.4. The highest BCUT2D eigenvalue weighted by atomic mass is 16.5. The van der Waals surface area contributed by atoms with Gasteiger partial charge in [-0.3, -0.25) is 4.79 Å². The smallest absolute Gasteiger partial charge is 0.244 e. The molecule has 2 saturated heterocycles. The van der Waals surface area contributed by atoms with E-state index in [9.17, 15) is 4.79 Å². The maximum absolute atomic E-state index is 12.5. The number of ether oxygens (including phenoxy) is 1. The lowest BCUT2D eigenvalue weighted by molar-refractivity contribution is -0.136. The van der Waals surface area contributed by atoms with Crippen LogP contribution in [0.3, 0.4) is 0 Å². The second-order valence-corrected chi connectivity index (χ2v) is 6.28. The highest BCUT2D eigenvalue weighted by Crippen LogP contribution is 2.25. The summed E-state index contributed by atoms with van der Waals surface area (Å²) in [7, 11) is 0. The molecule has 0 aliphatic carbocycles. The van der Waals surface area contributed by atoms with Crippen molar-refractivity contribution in [2.45, 2.75) is 25.8 Å². The van der Waals surface area contributed by atoms with Crippen LogP contribution in [0.4, 0.5) is 5.82 Å². The van der Waals surface area contributed by atoms with E-state index in [1.165, 1.54) is 19.3 Å². The normalized spacial score (nSPS) is 19.0. The van der Waals surface area contributed by atoms with Crippen molar-refractivity contribution in [2.75, 3.05) is 44.3 Å². The molecule has 2 aliphatic rings. The van der Waals surface area contributed by atoms with Crippen LogP contribution in [0.15, 0.2) is 12.5 Å². The molecule has 0 bridgehead atoms. The molecule has 2 aromatic heterocycles. The molecule has 0 unspecified atom stereocenters. The fourth-order valence-corrected chi connectivity index (χ4v) is 3.39. The zero-order valence-electron chi connectivity index (χ0n) is 13.7. The van der Waals surface area contributed by atoms with Crippen LogP contribution in [-0.4, -0.2) is 69.9 Å². The van der Waals surface area contributed by atoms with E-state index in [0.29, 0.717) is 26.3 Å². The van der Waals surface area contributed by atoms with Crippen LogP contribution in [0, 0.1) is 0 Å². The van der Waals surface area contributed by atoms with Gasteiger partial charge < -0.3 is 14.5 Å². The molecule has 0 aromatic carbocycles. The minimum atomic E-state index is 0.0569. The highest BCUT2D eigenvalue weighted by Gasteiger charge is 2.21. The highest BCUT2D eigenvalue weighted by molar-refractivity contribution is 5.88. The van der Waals surface area contributed by atoms with Gasteiger partial charge in [0.1, 0.15) is 18.7 Å². The first-order valence-corrected chi connectivity index (χ1v) is 8.60. The Morgan fingerprint density at radius 2 is 1.88 bits per heavy atom. The van der Waals surface area contributed by atoms with E-state index in [1.54, 1.807) is 17.2 Å². The largest absolute Gasteiger partial charge is 0.378 e. The summed E-state index contributed by atoms with van der Waals surface area (Å²) >= 11 is 0. The molecular weight excluding hydrogens is 308 g/mol. The molecule has 0 atom stereocenters. The van der Waals surface area contributed by atoms with Gasteiger partial charge in [-0.05, 0) is 19.3 Å². The Hall–Kier alpha value is -2.22. The molecule has 0 N–H and O–H groups in total. The SMILES string of the molecule is O=C(Cn1ncc2c(N3CCCCC3)ncnc21)N1CCOCC1. The van der Waals surface area contributed by atoms with Gasteiger partial charge in [0.05, 0.1) is 24.8 Å². The van der Waals surface area contributed by atoms with Gasteiger partial charge in [-0.25, -0.2) is 14.6 Å². The predicted octanol–water partition coefficient (Wildman–Crippen LogP) is 0.675. The topological polar surface area (TPSA) is 76.4 Å². The standard InChI is InChI=1S/C16H22N6O2/c23-14(20-6-8-24-9-7-20)11-22-16-13(10-19-22)15(17-12-18-16)21-4-2-1-3-5-21/h10,12H,1-9,11H2. The quantitative estimate of drug-likeness (QED) is 0.823. The maximum Gasteiger partial charge on any atom is 0.244 e. The average molecular weight is 330 g/mol. The summed E-state index contributed by atoms with van der Waals surface area (Å²) in [5.74, 6) is 0.992. The van der Waals surface area contributed by atoms with Crippen molar-refractivity contribution in [1.82, 2.24) is 24.6 Å². The number of rotatable bonds is 3. The van der Waals surface area contributed by atoms with Crippen molar-refractivity contribution in [2.24, 2.45) is 0 Å². The van der Waals surface area contributed by atoms with Gasteiger partial charge in [0, 0.05) is 26.2 Å². The molecule has 4 rings (SSSR count). The summed E-state index contributed by atoms with van der Waals surface area (Å²) in [6.07, 6.45) is 7.01. The van der Waals surface area contributed by atoms with Crippen LogP contribution in [0.25, 0.3) is 11.0 Å². The number of nitrogens with zero attached hydrogens (tertiary/aromatic N) is 6. The summed E-state index contributed by atoms with van der Waals surface area (Å²) in [5.41, 5.74) is 0.729. The van der Waals surface area contributed by atoms with Gasteiger partial charge in [-0.15, -0.1) is 0 Å². The first kappa shape index (κ1) is 15.3. The Labute approximate surface area is 140 Å². The van der Waals surface area contributed by atoms with Crippen molar-refractivity contribution in [3.63, 3.8) is 0 Å². The van der Waals surface area contributed by atoms with Crippen LogP contribution in [0.1, 0.15) is 19.3 Å². The number of amides is 1. The fourth-order valence-electron chi connectivity index (χ4n) is 3.39. The van der Waals surface area contributed by atoms with Crippen molar-refractivity contribution in [3.05, 3.63) is 12.5 Å². The molecule has 128 valence electrons. The number of carbonyl (C=O) groups is 1. The van der Waals surface area contributed by atoms with Gasteiger partial charge in [0.15, 0.2) is 5.65 Å². The third-order valence-corrected chi connectivity index (χ3v) is 4.72. The number of aromatic nitrogens is 4. The lowest BCUT2D eigenvalue weighted by atomic mass is 10.1. The van der Waals surface area contributed by atoms with Crippen molar-refractivity contribution in [1.29, 1.82) is 0 Å². The molecule has 4 heterocycles. The minimum Gasteiger partial charge on any atom is -0.378 e. The molecule has 0 radical (unpaired) electrons. The number of hydrogen-bond donors (Lipinski definition) is 0. The Kier molecular flexibility index (Phi) is 4.29. The molecule has 24 heavy (non-hydrogen) atoms. The van der Waals surface area contributed by atoms with Crippen LogP contribution in [0.5, 0.6) is 0 Å². The summed E-state index contributed by atoms with van der Waals surface area (Å²) in [4.78, 5) is 25.4. The van der Waals surface area contributed by atoms with Crippen LogP contribution >= 0.6 is 0 Å². The predicted molar refractivity (Wildman–Crippen MR) is 88.8 cm³/mol. The molecule has 8 heteroatoms. The Balaban J connectivity index is 1.57. The van der Waals surface area contributed by atoms with Gasteiger partial charge in [-0.2, -0.15) is 5.10 Å². The van der Waals surface area contributed by atoms with E-state index >= 15 is 0 Å². The van der Waals surface area contributed by atoms with E-state index in [2.05, 4.69) is 20.0 Å². The fraction of sp³-hybridized carbons (Fsp3) is 0.625. The molecule has 0 spiro atoms. The summed E-state index contributed by atoms with van der Waals surface area (Å²) in [6, 6.07) is 0. The van der Waals surface area contributed by atoms with E-state index in [4.69, 9.17) is 4.74 Å². The molecular formula is C16H22N6O2. The second-order valence-electron chi connectivity index (χ2n) is 6.28. The van der Waals surface area contributed by atoms with Gasteiger partial charge in [0.2, 0.25) is 5.91 Å². The summed E-state index contributed by atoms with van der Waals surface area (Å²) in [6.45, 7) is 4.74. The number of anilines is 1. The second kappa shape index (κ2) is 6.72. The molecule has 8 nitrogen and oxygen atoms in total. The van der Waals surface area contributed by atoms with Crippen LogP contribution < -0.4 is 4.90 Å². The van der Waals surface area contributed by atoms with Crippen LogP contribution in [-0.2, 0) is 16.1 Å². The van der Waals surface area contributed by atoms with E-state index in [1.807, 2.05) is 4.90 Å². The molecule has 2 aliphatic heterocycles.